The van der Waals surface area contributed by atoms with E-state index in [1.54, 1.807) is 29.1 Å². The van der Waals surface area contributed by atoms with Gasteiger partial charge in [0.05, 0.1) is 23.0 Å². The second-order valence-electron chi connectivity index (χ2n) is 6.44. The van der Waals surface area contributed by atoms with Crippen LogP contribution in [0.15, 0.2) is 72.9 Å². The van der Waals surface area contributed by atoms with Crippen LogP contribution in [0.4, 0.5) is 4.39 Å². The molecular weight excluding hydrogens is 341 g/mol. The predicted octanol–water partition coefficient (Wildman–Crippen LogP) is 4.40. The number of fused-ring (bicyclic) bond motifs is 1. The molecule has 3 aromatic carbocycles. The topological polar surface area (TPSA) is 46.9 Å². The van der Waals surface area contributed by atoms with Gasteiger partial charge in [0.1, 0.15) is 5.82 Å². The Morgan fingerprint density at radius 1 is 1.04 bits per heavy atom. The number of carbonyl (C=O) groups is 1. The molecule has 0 aliphatic heterocycles. The fraction of sp³-hybridized carbons (Fsp3) is 0.0909. The Morgan fingerprint density at radius 3 is 2.52 bits per heavy atom. The van der Waals surface area contributed by atoms with Gasteiger partial charge in [-0.3, -0.25) is 4.79 Å². The van der Waals surface area contributed by atoms with E-state index in [0.29, 0.717) is 12.1 Å². The zero-order valence-electron chi connectivity index (χ0n) is 14.8. The Balaban J connectivity index is 1.61. The SMILES string of the molecule is Cc1ccc(CNC(=O)c2cccc3c2cnn3-c2ccc(F)cc2)cc1. The van der Waals surface area contributed by atoms with Crippen molar-refractivity contribution in [2.75, 3.05) is 0 Å². The predicted molar refractivity (Wildman–Crippen MR) is 103 cm³/mol. The highest BCUT2D eigenvalue weighted by Gasteiger charge is 2.14. The highest BCUT2D eigenvalue weighted by Crippen LogP contribution is 2.22. The first-order valence-corrected chi connectivity index (χ1v) is 8.68. The molecule has 0 radical (unpaired) electrons. The molecule has 0 saturated heterocycles. The Bertz CT molecular complexity index is 1100. The molecule has 0 atom stereocenters. The first-order chi connectivity index (χ1) is 13.1. The summed E-state index contributed by atoms with van der Waals surface area (Å²) in [6.45, 7) is 2.49. The number of benzene rings is 3. The molecule has 1 amide bonds. The van der Waals surface area contributed by atoms with Crippen molar-refractivity contribution in [3.63, 3.8) is 0 Å². The molecule has 27 heavy (non-hydrogen) atoms. The van der Waals surface area contributed by atoms with Gasteiger partial charge in [0.2, 0.25) is 0 Å². The van der Waals surface area contributed by atoms with E-state index in [-0.39, 0.29) is 11.7 Å². The first-order valence-electron chi connectivity index (χ1n) is 8.68. The summed E-state index contributed by atoms with van der Waals surface area (Å²) >= 11 is 0. The maximum atomic E-state index is 13.2. The quantitative estimate of drug-likeness (QED) is 0.587. The molecule has 4 rings (SSSR count). The van der Waals surface area contributed by atoms with Crippen molar-refractivity contribution in [1.82, 2.24) is 15.1 Å². The zero-order valence-corrected chi connectivity index (χ0v) is 14.8. The summed E-state index contributed by atoms with van der Waals surface area (Å²) in [4.78, 5) is 12.7. The van der Waals surface area contributed by atoms with Gasteiger partial charge in [-0.25, -0.2) is 9.07 Å². The lowest BCUT2D eigenvalue weighted by molar-refractivity contribution is 0.0952. The average molecular weight is 359 g/mol. The van der Waals surface area contributed by atoms with Crippen LogP contribution in [0.2, 0.25) is 0 Å². The number of rotatable bonds is 4. The van der Waals surface area contributed by atoms with E-state index < -0.39 is 0 Å². The number of aromatic nitrogens is 2. The molecule has 134 valence electrons. The van der Waals surface area contributed by atoms with Crippen molar-refractivity contribution in [2.24, 2.45) is 0 Å². The van der Waals surface area contributed by atoms with Gasteiger partial charge >= 0.3 is 0 Å². The van der Waals surface area contributed by atoms with E-state index in [9.17, 15) is 9.18 Å². The van der Waals surface area contributed by atoms with Gasteiger partial charge in [-0.2, -0.15) is 5.10 Å². The standard InChI is InChI=1S/C22H18FN3O/c1-15-5-7-16(8-6-15)13-24-22(27)19-3-2-4-21-20(19)14-25-26(21)18-11-9-17(23)10-12-18/h2-12,14H,13H2,1H3,(H,24,27). The molecule has 1 heterocycles. The molecule has 1 N–H and O–H groups in total. The largest absolute Gasteiger partial charge is 0.348 e. The number of carbonyl (C=O) groups excluding carboxylic acids is 1. The maximum Gasteiger partial charge on any atom is 0.252 e. The van der Waals surface area contributed by atoms with Crippen molar-refractivity contribution in [1.29, 1.82) is 0 Å². The minimum Gasteiger partial charge on any atom is -0.348 e. The first kappa shape index (κ1) is 17.0. The molecule has 4 nitrogen and oxygen atoms in total. The molecule has 0 aliphatic rings. The Labute approximate surface area is 156 Å². The molecule has 0 spiro atoms. The summed E-state index contributed by atoms with van der Waals surface area (Å²) in [6.07, 6.45) is 1.67. The van der Waals surface area contributed by atoms with Crippen LogP contribution in [0, 0.1) is 12.7 Å². The summed E-state index contributed by atoms with van der Waals surface area (Å²) < 4.78 is 14.9. The van der Waals surface area contributed by atoms with Crippen LogP contribution in [0.25, 0.3) is 16.6 Å². The minimum atomic E-state index is -0.300. The molecule has 4 aromatic rings. The monoisotopic (exact) mass is 359 g/mol. The summed E-state index contributed by atoms with van der Waals surface area (Å²) in [5.41, 5.74) is 4.33. The van der Waals surface area contributed by atoms with E-state index in [0.717, 1.165) is 22.2 Å². The Hall–Kier alpha value is -3.47. The smallest absolute Gasteiger partial charge is 0.252 e. The van der Waals surface area contributed by atoms with Crippen molar-refractivity contribution >= 4 is 16.8 Å². The van der Waals surface area contributed by atoms with E-state index >= 15 is 0 Å². The maximum absolute atomic E-state index is 13.2. The molecular formula is C22H18FN3O. The van der Waals surface area contributed by atoms with Crippen molar-refractivity contribution in [3.05, 3.63) is 95.4 Å². The van der Waals surface area contributed by atoms with Gasteiger partial charge in [0.15, 0.2) is 0 Å². The normalized spacial score (nSPS) is 10.9. The molecule has 0 bridgehead atoms. The average Bonchev–Trinajstić information content (AvgIpc) is 3.12. The number of aryl methyl sites for hydroxylation is 1. The lowest BCUT2D eigenvalue weighted by atomic mass is 10.1. The molecule has 0 aliphatic carbocycles. The van der Waals surface area contributed by atoms with E-state index in [4.69, 9.17) is 0 Å². The lowest BCUT2D eigenvalue weighted by Gasteiger charge is -2.08. The highest BCUT2D eigenvalue weighted by molar-refractivity contribution is 6.06. The number of halogens is 1. The summed E-state index contributed by atoms with van der Waals surface area (Å²) in [5.74, 6) is -0.453. The van der Waals surface area contributed by atoms with Gasteiger partial charge < -0.3 is 5.32 Å². The van der Waals surface area contributed by atoms with Crippen LogP contribution in [0.1, 0.15) is 21.5 Å². The fourth-order valence-electron chi connectivity index (χ4n) is 3.02. The third-order valence-corrected chi connectivity index (χ3v) is 4.50. The van der Waals surface area contributed by atoms with Gasteiger partial charge in [0, 0.05) is 11.9 Å². The van der Waals surface area contributed by atoms with Crippen LogP contribution in [-0.2, 0) is 6.54 Å². The van der Waals surface area contributed by atoms with Gasteiger partial charge in [-0.05, 0) is 48.9 Å². The van der Waals surface area contributed by atoms with Crippen LogP contribution in [-0.4, -0.2) is 15.7 Å². The summed E-state index contributed by atoms with van der Waals surface area (Å²) in [5, 5.41) is 8.09. The lowest BCUT2D eigenvalue weighted by Crippen LogP contribution is -2.22. The number of hydrogen-bond donors (Lipinski definition) is 1. The number of amides is 1. The Morgan fingerprint density at radius 2 is 1.78 bits per heavy atom. The zero-order chi connectivity index (χ0) is 18.8. The second-order valence-corrected chi connectivity index (χ2v) is 6.44. The van der Waals surface area contributed by atoms with Crippen LogP contribution in [0.3, 0.4) is 0 Å². The van der Waals surface area contributed by atoms with Crippen molar-refractivity contribution in [3.8, 4) is 5.69 Å². The van der Waals surface area contributed by atoms with Crippen molar-refractivity contribution < 1.29 is 9.18 Å². The third kappa shape index (κ3) is 3.44. The van der Waals surface area contributed by atoms with Gasteiger partial charge in [0.25, 0.3) is 5.91 Å². The minimum absolute atomic E-state index is 0.153. The van der Waals surface area contributed by atoms with Gasteiger partial charge in [-0.1, -0.05) is 35.9 Å². The van der Waals surface area contributed by atoms with E-state index in [2.05, 4.69) is 10.4 Å². The molecule has 0 unspecified atom stereocenters. The van der Waals surface area contributed by atoms with E-state index in [1.807, 2.05) is 43.3 Å². The molecule has 5 heteroatoms. The van der Waals surface area contributed by atoms with Crippen molar-refractivity contribution in [2.45, 2.75) is 13.5 Å². The van der Waals surface area contributed by atoms with Crippen LogP contribution >= 0.6 is 0 Å². The van der Waals surface area contributed by atoms with Gasteiger partial charge in [-0.15, -0.1) is 0 Å². The number of hydrogen-bond acceptors (Lipinski definition) is 2. The van der Waals surface area contributed by atoms with Crippen LogP contribution in [0.5, 0.6) is 0 Å². The number of nitrogens with one attached hydrogen (secondary N) is 1. The Kier molecular flexibility index (Phi) is 4.42. The van der Waals surface area contributed by atoms with E-state index in [1.165, 1.54) is 17.7 Å². The molecule has 0 fully saturated rings. The molecule has 0 saturated carbocycles. The molecule has 1 aromatic heterocycles. The van der Waals surface area contributed by atoms with Crippen LogP contribution < -0.4 is 5.32 Å². The summed E-state index contributed by atoms with van der Waals surface area (Å²) in [7, 11) is 0. The third-order valence-electron chi connectivity index (χ3n) is 4.50. The highest BCUT2D eigenvalue weighted by atomic mass is 19.1. The summed E-state index contributed by atoms with van der Waals surface area (Å²) in [6, 6.07) is 19.6. The fourth-order valence-corrected chi connectivity index (χ4v) is 3.02. The number of nitrogens with zero attached hydrogens (tertiary/aromatic N) is 2. The second kappa shape index (κ2) is 7.03.